The van der Waals surface area contributed by atoms with Crippen molar-refractivity contribution in [3.8, 4) is 0 Å². The fourth-order valence-electron chi connectivity index (χ4n) is 2.91. The molecular formula is C16H26FN3. The number of nitrogens with one attached hydrogen (secondary N) is 1. The van der Waals surface area contributed by atoms with Gasteiger partial charge in [-0.3, -0.25) is 4.90 Å². The zero-order chi connectivity index (χ0) is 14.6. The van der Waals surface area contributed by atoms with E-state index in [1.807, 2.05) is 12.1 Å². The van der Waals surface area contributed by atoms with E-state index in [2.05, 4.69) is 35.9 Å². The van der Waals surface area contributed by atoms with Gasteiger partial charge in [0.15, 0.2) is 0 Å². The van der Waals surface area contributed by atoms with Gasteiger partial charge in [-0.1, -0.05) is 6.92 Å². The molecule has 0 aromatic heterocycles. The molecule has 4 heteroatoms. The van der Waals surface area contributed by atoms with Crippen LogP contribution in [0.4, 0.5) is 10.1 Å². The molecule has 0 radical (unpaired) electrons. The van der Waals surface area contributed by atoms with Crippen molar-refractivity contribution in [2.75, 3.05) is 44.2 Å². The van der Waals surface area contributed by atoms with Crippen LogP contribution in [0.3, 0.4) is 0 Å². The lowest BCUT2D eigenvalue weighted by Crippen LogP contribution is -2.54. The van der Waals surface area contributed by atoms with Gasteiger partial charge in [-0.2, -0.15) is 0 Å². The Hall–Kier alpha value is -1.13. The third-order valence-electron chi connectivity index (χ3n) is 3.84. The number of likely N-dealkylation sites (N-methyl/N-ethyl adjacent to an activating group) is 1. The Morgan fingerprint density at radius 1 is 1.10 bits per heavy atom. The summed E-state index contributed by atoms with van der Waals surface area (Å²) in [7, 11) is 0. The van der Waals surface area contributed by atoms with Gasteiger partial charge >= 0.3 is 0 Å². The van der Waals surface area contributed by atoms with Crippen LogP contribution in [0.5, 0.6) is 0 Å². The zero-order valence-electron chi connectivity index (χ0n) is 12.8. The van der Waals surface area contributed by atoms with Gasteiger partial charge in [0.05, 0.1) is 0 Å². The molecule has 0 atom stereocenters. The first kappa shape index (κ1) is 15.3. The molecule has 1 aliphatic heterocycles. The van der Waals surface area contributed by atoms with Crippen molar-refractivity contribution in [1.29, 1.82) is 0 Å². The van der Waals surface area contributed by atoms with E-state index in [1.165, 1.54) is 12.1 Å². The summed E-state index contributed by atoms with van der Waals surface area (Å²) in [4.78, 5) is 4.83. The average Bonchev–Trinajstić information content (AvgIpc) is 2.40. The summed E-state index contributed by atoms with van der Waals surface area (Å²) in [5.41, 5.74) is 1.28. The summed E-state index contributed by atoms with van der Waals surface area (Å²) in [6.07, 6.45) is 0. The third kappa shape index (κ3) is 4.18. The van der Waals surface area contributed by atoms with Crippen molar-refractivity contribution in [2.45, 2.75) is 26.3 Å². The van der Waals surface area contributed by atoms with Gasteiger partial charge in [0.25, 0.3) is 0 Å². The quantitative estimate of drug-likeness (QED) is 0.892. The van der Waals surface area contributed by atoms with Crippen LogP contribution in [0.25, 0.3) is 0 Å². The van der Waals surface area contributed by atoms with Gasteiger partial charge in [0.1, 0.15) is 5.82 Å². The first-order chi connectivity index (χ1) is 9.50. The molecular weight excluding hydrogens is 253 g/mol. The maximum Gasteiger partial charge on any atom is 0.123 e. The second kappa shape index (κ2) is 6.55. The molecule has 1 aromatic rings. The summed E-state index contributed by atoms with van der Waals surface area (Å²) in [6, 6.07) is 6.81. The Bertz CT molecular complexity index is 408. The van der Waals surface area contributed by atoms with E-state index >= 15 is 0 Å². The highest BCUT2D eigenvalue weighted by atomic mass is 19.1. The lowest BCUT2D eigenvalue weighted by molar-refractivity contribution is 0.193. The number of piperazine rings is 1. The number of hydrogen-bond acceptors (Lipinski definition) is 3. The normalized spacial score (nSPS) is 17.5. The minimum Gasteiger partial charge on any atom is -0.369 e. The number of nitrogens with zero attached hydrogens (tertiary/aromatic N) is 2. The minimum absolute atomic E-state index is 0.160. The molecule has 1 heterocycles. The van der Waals surface area contributed by atoms with Gasteiger partial charge in [0, 0.05) is 44.0 Å². The molecule has 1 saturated heterocycles. The maximum atomic E-state index is 12.9. The van der Waals surface area contributed by atoms with E-state index in [0.29, 0.717) is 0 Å². The molecule has 1 aliphatic rings. The lowest BCUT2D eigenvalue weighted by Gasteiger charge is -2.40. The fraction of sp³-hybridized carbons (Fsp3) is 0.625. The van der Waals surface area contributed by atoms with Crippen molar-refractivity contribution in [3.05, 3.63) is 30.1 Å². The summed E-state index contributed by atoms with van der Waals surface area (Å²) < 4.78 is 12.9. The highest BCUT2D eigenvalue weighted by Gasteiger charge is 2.24. The van der Waals surface area contributed by atoms with Crippen LogP contribution in [0.1, 0.15) is 20.8 Å². The van der Waals surface area contributed by atoms with Gasteiger partial charge in [-0.25, -0.2) is 4.39 Å². The number of rotatable bonds is 5. The molecule has 0 amide bonds. The number of benzene rings is 1. The summed E-state index contributed by atoms with van der Waals surface area (Å²) in [6.45, 7) is 12.9. The van der Waals surface area contributed by atoms with Crippen molar-refractivity contribution < 1.29 is 4.39 Å². The van der Waals surface area contributed by atoms with E-state index in [4.69, 9.17) is 0 Å². The summed E-state index contributed by atoms with van der Waals surface area (Å²) in [5, 5.41) is 3.52. The Balaban J connectivity index is 1.84. The van der Waals surface area contributed by atoms with Crippen LogP contribution in [-0.2, 0) is 0 Å². The first-order valence-electron chi connectivity index (χ1n) is 7.48. The SMILES string of the molecule is CCNC(C)(C)CN1CCN(c2ccc(F)cc2)CC1. The predicted molar refractivity (Wildman–Crippen MR) is 82.8 cm³/mol. The van der Waals surface area contributed by atoms with E-state index < -0.39 is 0 Å². The largest absolute Gasteiger partial charge is 0.369 e. The minimum atomic E-state index is -0.167. The zero-order valence-corrected chi connectivity index (χ0v) is 12.8. The van der Waals surface area contributed by atoms with Gasteiger partial charge in [0.2, 0.25) is 0 Å². The van der Waals surface area contributed by atoms with Gasteiger partial charge in [-0.05, 0) is 44.7 Å². The molecule has 0 unspecified atom stereocenters. The van der Waals surface area contributed by atoms with E-state index in [-0.39, 0.29) is 11.4 Å². The Labute approximate surface area is 121 Å². The molecule has 3 nitrogen and oxygen atoms in total. The molecule has 112 valence electrons. The molecule has 0 aliphatic carbocycles. The Morgan fingerprint density at radius 3 is 2.25 bits per heavy atom. The number of halogens is 1. The number of hydrogen-bond donors (Lipinski definition) is 1. The Kier molecular flexibility index (Phi) is 5.00. The second-order valence-corrected chi connectivity index (χ2v) is 6.15. The smallest absolute Gasteiger partial charge is 0.123 e. The molecule has 0 saturated carbocycles. The molecule has 20 heavy (non-hydrogen) atoms. The monoisotopic (exact) mass is 279 g/mol. The van der Waals surface area contributed by atoms with Crippen LogP contribution in [0, 0.1) is 5.82 Å². The molecule has 1 aromatic carbocycles. The van der Waals surface area contributed by atoms with E-state index in [1.54, 1.807) is 0 Å². The van der Waals surface area contributed by atoms with Crippen molar-refractivity contribution >= 4 is 5.69 Å². The molecule has 2 rings (SSSR count). The van der Waals surface area contributed by atoms with Crippen LogP contribution < -0.4 is 10.2 Å². The summed E-state index contributed by atoms with van der Waals surface area (Å²) >= 11 is 0. The van der Waals surface area contributed by atoms with Crippen LogP contribution >= 0.6 is 0 Å². The van der Waals surface area contributed by atoms with Crippen molar-refractivity contribution in [2.24, 2.45) is 0 Å². The highest BCUT2D eigenvalue weighted by Crippen LogP contribution is 2.17. The van der Waals surface area contributed by atoms with E-state index in [0.717, 1.165) is 45.0 Å². The Morgan fingerprint density at radius 2 is 1.70 bits per heavy atom. The van der Waals surface area contributed by atoms with E-state index in [9.17, 15) is 4.39 Å². The summed E-state index contributed by atoms with van der Waals surface area (Å²) in [5.74, 6) is -0.167. The third-order valence-corrected chi connectivity index (χ3v) is 3.84. The first-order valence-corrected chi connectivity index (χ1v) is 7.48. The van der Waals surface area contributed by atoms with Crippen LogP contribution in [-0.4, -0.2) is 49.7 Å². The topological polar surface area (TPSA) is 18.5 Å². The fourth-order valence-corrected chi connectivity index (χ4v) is 2.91. The van der Waals surface area contributed by atoms with Crippen LogP contribution in [0.15, 0.2) is 24.3 Å². The second-order valence-electron chi connectivity index (χ2n) is 6.15. The standard InChI is InChI=1S/C16H26FN3/c1-4-18-16(2,3)13-19-9-11-20(12-10-19)15-7-5-14(17)6-8-15/h5-8,18H,4,9-13H2,1-3H3. The maximum absolute atomic E-state index is 12.9. The van der Waals surface area contributed by atoms with Gasteiger partial charge < -0.3 is 10.2 Å². The highest BCUT2D eigenvalue weighted by molar-refractivity contribution is 5.46. The molecule has 0 bridgehead atoms. The average molecular weight is 279 g/mol. The van der Waals surface area contributed by atoms with Crippen LogP contribution in [0.2, 0.25) is 0 Å². The van der Waals surface area contributed by atoms with Gasteiger partial charge in [-0.15, -0.1) is 0 Å². The molecule has 1 N–H and O–H groups in total. The lowest BCUT2D eigenvalue weighted by atomic mass is 10.0. The molecule has 1 fully saturated rings. The van der Waals surface area contributed by atoms with Crippen molar-refractivity contribution in [3.63, 3.8) is 0 Å². The van der Waals surface area contributed by atoms with Crippen molar-refractivity contribution in [1.82, 2.24) is 10.2 Å². The molecule has 0 spiro atoms. The predicted octanol–water partition coefficient (Wildman–Crippen LogP) is 2.34. The number of anilines is 1.